The Bertz CT molecular complexity index is 288. The quantitative estimate of drug-likeness (QED) is 0.688. The Labute approximate surface area is 117 Å². The maximum atomic E-state index is 8.60. The van der Waals surface area contributed by atoms with Crippen LogP contribution in [0, 0.1) is 0 Å². The number of furan rings is 1. The molecule has 0 atom stereocenters. The van der Waals surface area contributed by atoms with Crippen molar-refractivity contribution in [1.29, 1.82) is 0 Å². The van der Waals surface area contributed by atoms with E-state index in [-0.39, 0.29) is 6.61 Å². The molecule has 0 saturated carbocycles. The lowest BCUT2D eigenvalue weighted by Crippen LogP contribution is -2.16. The lowest BCUT2D eigenvalue weighted by Gasteiger charge is -2.02. The Kier molecular flexibility index (Phi) is 7.81. The lowest BCUT2D eigenvalue weighted by molar-refractivity contribution is 0.296. The van der Waals surface area contributed by atoms with E-state index in [4.69, 9.17) is 9.52 Å². The van der Waals surface area contributed by atoms with Crippen LogP contribution in [0.4, 0.5) is 0 Å². The number of aliphatic hydroxyl groups excluding tert-OH is 1. The fourth-order valence-corrected chi connectivity index (χ4v) is 2.59. The Hall–Kier alpha value is 0.510. The van der Waals surface area contributed by atoms with Gasteiger partial charge in [-0.05, 0) is 50.1 Å². The minimum atomic E-state index is 0.287. The van der Waals surface area contributed by atoms with Crippen molar-refractivity contribution in [2.24, 2.45) is 0 Å². The molecule has 1 rings (SSSR count). The molecule has 0 bridgehead atoms. The minimum absolute atomic E-state index is 0.287. The maximum Gasteiger partial charge on any atom is 0.183 e. The van der Waals surface area contributed by atoms with Crippen LogP contribution in [0.15, 0.2) is 19.6 Å². The molecule has 0 aliphatic heterocycles. The maximum absolute atomic E-state index is 8.60. The summed E-state index contributed by atoms with van der Waals surface area (Å²) in [5, 5.41) is 11.9. The Morgan fingerprint density at radius 3 is 2.81 bits per heavy atom. The first kappa shape index (κ1) is 14.6. The largest absolute Gasteiger partial charge is 0.452 e. The van der Waals surface area contributed by atoms with E-state index in [2.05, 4.69) is 37.2 Å². The van der Waals surface area contributed by atoms with Crippen LogP contribution >= 0.6 is 43.6 Å². The molecule has 0 saturated heterocycles. The lowest BCUT2D eigenvalue weighted by atomic mass is 10.4. The summed E-state index contributed by atoms with van der Waals surface area (Å²) in [5.41, 5.74) is 0. The monoisotopic (exact) mass is 371 g/mol. The van der Waals surface area contributed by atoms with Gasteiger partial charge >= 0.3 is 0 Å². The van der Waals surface area contributed by atoms with E-state index >= 15 is 0 Å². The second-order valence-corrected chi connectivity index (χ2v) is 6.00. The summed E-state index contributed by atoms with van der Waals surface area (Å²) in [7, 11) is 0. The first-order valence-electron chi connectivity index (χ1n) is 5.07. The third kappa shape index (κ3) is 5.72. The van der Waals surface area contributed by atoms with Crippen molar-refractivity contribution in [3.05, 3.63) is 21.0 Å². The van der Waals surface area contributed by atoms with Gasteiger partial charge in [0.05, 0.1) is 11.0 Å². The van der Waals surface area contributed by atoms with E-state index in [9.17, 15) is 0 Å². The summed E-state index contributed by atoms with van der Waals surface area (Å²) in [5.74, 6) is 3.00. The Morgan fingerprint density at radius 1 is 1.38 bits per heavy atom. The van der Waals surface area contributed by atoms with Crippen molar-refractivity contribution in [3.63, 3.8) is 0 Å². The molecular formula is C10H15Br2NO2S. The first-order chi connectivity index (χ1) is 7.74. The average Bonchev–Trinajstić information content (AvgIpc) is 2.57. The molecule has 2 N–H and O–H groups in total. The molecule has 3 nitrogen and oxygen atoms in total. The number of halogens is 2. The summed E-state index contributed by atoms with van der Waals surface area (Å²) in [4.78, 5) is 0. The molecule has 0 aromatic carbocycles. The van der Waals surface area contributed by atoms with Crippen molar-refractivity contribution in [2.45, 2.75) is 13.0 Å². The summed E-state index contributed by atoms with van der Waals surface area (Å²) in [6, 6.07) is 1.95. The number of nitrogens with one attached hydrogen (secondary N) is 1. The number of hydrogen-bond donors (Lipinski definition) is 2. The van der Waals surface area contributed by atoms with Crippen LogP contribution in [0.2, 0.25) is 0 Å². The Balaban J connectivity index is 2.03. The number of thioether (sulfide) groups is 1. The van der Waals surface area contributed by atoms with Crippen LogP contribution in [0.5, 0.6) is 0 Å². The second kappa shape index (κ2) is 8.58. The molecule has 0 unspecified atom stereocenters. The van der Waals surface area contributed by atoms with E-state index in [1.54, 1.807) is 0 Å². The van der Waals surface area contributed by atoms with Crippen molar-refractivity contribution in [1.82, 2.24) is 5.32 Å². The molecule has 0 aliphatic carbocycles. The molecule has 6 heteroatoms. The van der Waals surface area contributed by atoms with E-state index in [0.717, 1.165) is 45.9 Å². The van der Waals surface area contributed by atoms with E-state index in [1.807, 2.05) is 17.8 Å². The van der Waals surface area contributed by atoms with Crippen LogP contribution in [0.1, 0.15) is 12.2 Å². The number of hydrogen-bond acceptors (Lipinski definition) is 4. The fourth-order valence-electron chi connectivity index (χ4n) is 1.10. The highest BCUT2D eigenvalue weighted by atomic mass is 79.9. The smallest absolute Gasteiger partial charge is 0.183 e. The third-order valence-electron chi connectivity index (χ3n) is 1.87. The molecule has 0 aliphatic rings. The van der Waals surface area contributed by atoms with Gasteiger partial charge in [-0.25, -0.2) is 0 Å². The Morgan fingerprint density at radius 2 is 2.19 bits per heavy atom. The van der Waals surface area contributed by atoms with Gasteiger partial charge in [0.25, 0.3) is 0 Å². The molecule has 1 aromatic rings. The first-order valence-corrected chi connectivity index (χ1v) is 7.81. The van der Waals surface area contributed by atoms with Crippen LogP contribution in [-0.4, -0.2) is 29.8 Å². The number of rotatable bonds is 8. The van der Waals surface area contributed by atoms with Gasteiger partial charge in [0.2, 0.25) is 0 Å². The molecule has 0 amide bonds. The van der Waals surface area contributed by atoms with Gasteiger partial charge in [-0.15, -0.1) is 0 Å². The third-order valence-corrected chi connectivity index (χ3v) is 4.65. The summed E-state index contributed by atoms with van der Waals surface area (Å²) < 4.78 is 7.11. The zero-order valence-corrected chi connectivity index (χ0v) is 12.8. The zero-order chi connectivity index (χ0) is 11.8. The molecular weight excluding hydrogens is 358 g/mol. The van der Waals surface area contributed by atoms with Gasteiger partial charge < -0.3 is 14.8 Å². The van der Waals surface area contributed by atoms with Gasteiger partial charge in [-0.1, -0.05) is 0 Å². The SMILES string of the molecule is OCCCSCCNCc1cc(Br)c(Br)o1. The van der Waals surface area contributed by atoms with Gasteiger partial charge in [-0.3, -0.25) is 0 Å². The highest BCUT2D eigenvalue weighted by Gasteiger charge is 2.04. The highest BCUT2D eigenvalue weighted by molar-refractivity contribution is 9.13. The summed E-state index contributed by atoms with van der Waals surface area (Å²) >= 11 is 8.52. The highest BCUT2D eigenvalue weighted by Crippen LogP contribution is 2.26. The normalized spacial score (nSPS) is 10.9. The standard InChI is InChI=1S/C10H15Br2NO2S/c11-9-6-8(15-10(9)12)7-13-2-5-16-4-1-3-14/h6,13-14H,1-5,7H2. The van der Waals surface area contributed by atoms with Crippen molar-refractivity contribution < 1.29 is 9.52 Å². The van der Waals surface area contributed by atoms with Crippen LogP contribution < -0.4 is 5.32 Å². The van der Waals surface area contributed by atoms with Crippen LogP contribution in [-0.2, 0) is 6.54 Å². The van der Waals surface area contributed by atoms with Crippen molar-refractivity contribution >= 4 is 43.6 Å². The molecule has 0 spiro atoms. The van der Waals surface area contributed by atoms with E-state index in [0.29, 0.717) is 0 Å². The van der Waals surface area contributed by atoms with Gasteiger partial charge in [-0.2, -0.15) is 11.8 Å². The van der Waals surface area contributed by atoms with Crippen LogP contribution in [0.25, 0.3) is 0 Å². The molecule has 0 fully saturated rings. The van der Waals surface area contributed by atoms with Gasteiger partial charge in [0, 0.05) is 18.9 Å². The zero-order valence-electron chi connectivity index (χ0n) is 8.84. The van der Waals surface area contributed by atoms with Crippen LogP contribution in [0.3, 0.4) is 0 Å². The van der Waals surface area contributed by atoms with Crippen molar-refractivity contribution in [2.75, 3.05) is 24.7 Å². The van der Waals surface area contributed by atoms with E-state index in [1.165, 1.54) is 0 Å². The average molecular weight is 373 g/mol. The predicted molar refractivity (Wildman–Crippen MR) is 74.8 cm³/mol. The van der Waals surface area contributed by atoms with Gasteiger partial charge in [0.1, 0.15) is 5.76 Å². The molecule has 1 heterocycles. The minimum Gasteiger partial charge on any atom is -0.452 e. The topological polar surface area (TPSA) is 45.4 Å². The van der Waals surface area contributed by atoms with Crippen molar-refractivity contribution in [3.8, 4) is 0 Å². The number of aliphatic hydroxyl groups is 1. The van der Waals surface area contributed by atoms with E-state index < -0.39 is 0 Å². The van der Waals surface area contributed by atoms with Gasteiger partial charge in [0.15, 0.2) is 4.67 Å². The second-order valence-electron chi connectivity index (χ2n) is 3.20. The summed E-state index contributed by atoms with van der Waals surface area (Å²) in [6.45, 7) is 1.98. The fraction of sp³-hybridized carbons (Fsp3) is 0.600. The molecule has 92 valence electrons. The summed E-state index contributed by atoms with van der Waals surface area (Å²) in [6.07, 6.45) is 0.878. The predicted octanol–water partition coefficient (Wildman–Crippen LogP) is 3.01. The molecule has 0 radical (unpaired) electrons. The molecule has 16 heavy (non-hydrogen) atoms. The molecule has 1 aromatic heterocycles.